The van der Waals surface area contributed by atoms with E-state index in [-0.39, 0.29) is 15.6 Å². The average Bonchev–Trinajstić information content (AvgIpc) is 2.21. The van der Waals surface area contributed by atoms with Gasteiger partial charge in [0.05, 0.1) is 15.6 Å². The van der Waals surface area contributed by atoms with E-state index < -0.39 is 22.9 Å². The summed E-state index contributed by atoms with van der Waals surface area (Å²) in [5.74, 6) is 0. The summed E-state index contributed by atoms with van der Waals surface area (Å²) in [7, 11) is 0. The summed E-state index contributed by atoms with van der Waals surface area (Å²) in [5.41, 5.74) is -2.50. The van der Waals surface area contributed by atoms with Crippen molar-refractivity contribution in [2.24, 2.45) is 0 Å². The van der Waals surface area contributed by atoms with Crippen molar-refractivity contribution < 1.29 is 13.2 Å². The number of nitrogens with zero attached hydrogens (tertiary/aromatic N) is 1. The van der Waals surface area contributed by atoms with Crippen LogP contribution in [0.2, 0.25) is 10.0 Å². The van der Waals surface area contributed by atoms with Crippen LogP contribution in [0.15, 0.2) is 16.9 Å². The molecule has 0 unspecified atom stereocenters. The minimum atomic E-state index is -4.74. The number of alkyl halides is 3. The molecule has 2 aromatic rings. The smallest absolute Gasteiger partial charge is 0.301 e. The van der Waals surface area contributed by atoms with Gasteiger partial charge < -0.3 is 4.98 Å². The third kappa shape index (κ3) is 2.10. The van der Waals surface area contributed by atoms with Crippen LogP contribution in [0.3, 0.4) is 0 Å². The molecule has 1 aromatic carbocycles. The first kappa shape index (κ1) is 12.2. The molecule has 0 bridgehead atoms. The number of halogens is 5. The van der Waals surface area contributed by atoms with Gasteiger partial charge in [0.25, 0.3) is 0 Å². The SMILES string of the molecule is O=c1nc2ccc(Cl)c(Cl)c2c(C(F)(F)F)[nH]1. The number of aromatic nitrogens is 2. The zero-order valence-electron chi connectivity index (χ0n) is 7.90. The Labute approximate surface area is 102 Å². The Hall–Kier alpha value is -1.27. The molecule has 3 nitrogen and oxygen atoms in total. The first-order valence-electron chi connectivity index (χ1n) is 4.26. The number of hydrogen-bond donors (Lipinski definition) is 1. The third-order valence-electron chi connectivity index (χ3n) is 2.06. The normalized spacial score (nSPS) is 12.1. The van der Waals surface area contributed by atoms with Crippen molar-refractivity contribution in [2.75, 3.05) is 0 Å². The highest BCUT2D eigenvalue weighted by Gasteiger charge is 2.35. The van der Waals surface area contributed by atoms with E-state index in [0.717, 1.165) is 0 Å². The van der Waals surface area contributed by atoms with Crippen LogP contribution in [-0.4, -0.2) is 9.97 Å². The largest absolute Gasteiger partial charge is 0.432 e. The molecule has 0 aliphatic rings. The molecule has 17 heavy (non-hydrogen) atoms. The lowest BCUT2D eigenvalue weighted by molar-refractivity contribution is -0.140. The molecule has 0 saturated heterocycles. The zero-order valence-corrected chi connectivity index (χ0v) is 9.41. The van der Waals surface area contributed by atoms with Gasteiger partial charge in [-0.15, -0.1) is 0 Å². The molecule has 90 valence electrons. The summed E-state index contributed by atoms with van der Waals surface area (Å²) in [6, 6.07) is 2.48. The zero-order chi connectivity index (χ0) is 12.8. The summed E-state index contributed by atoms with van der Waals surface area (Å²) in [6.45, 7) is 0. The maximum Gasteiger partial charge on any atom is 0.432 e. The predicted molar refractivity (Wildman–Crippen MR) is 57.4 cm³/mol. The summed E-state index contributed by atoms with van der Waals surface area (Å²) >= 11 is 11.3. The minimum absolute atomic E-state index is 0.0430. The minimum Gasteiger partial charge on any atom is -0.301 e. The molecular weight excluding hydrogens is 280 g/mol. The van der Waals surface area contributed by atoms with Gasteiger partial charge in [-0.2, -0.15) is 18.2 Å². The molecule has 0 spiro atoms. The molecule has 0 aliphatic carbocycles. The molecule has 0 aliphatic heterocycles. The Balaban J connectivity index is 3.00. The monoisotopic (exact) mass is 282 g/mol. The van der Waals surface area contributed by atoms with Crippen molar-refractivity contribution in [3.05, 3.63) is 38.4 Å². The van der Waals surface area contributed by atoms with E-state index in [0.29, 0.717) is 0 Å². The van der Waals surface area contributed by atoms with Crippen molar-refractivity contribution >= 4 is 34.1 Å². The van der Waals surface area contributed by atoms with Crippen molar-refractivity contribution in [1.29, 1.82) is 0 Å². The molecule has 1 heterocycles. The molecule has 0 fully saturated rings. The van der Waals surface area contributed by atoms with E-state index in [1.807, 2.05) is 0 Å². The average molecular weight is 283 g/mol. The van der Waals surface area contributed by atoms with Crippen LogP contribution in [0.1, 0.15) is 5.69 Å². The molecule has 1 N–H and O–H groups in total. The van der Waals surface area contributed by atoms with Gasteiger partial charge in [-0.05, 0) is 12.1 Å². The number of rotatable bonds is 0. The highest BCUT2D eigenvalue weighted by molar-refractivity contribution is 6.45. The lowest BCUT2D eigenvalue weighted by atomic mass is 10.2. The van der Waals surface area contributed by atoms with E-state index >= 15 is 0 Å². The molecule has 1 aromatic heterocycles. The molecular formula is C9H3Cl2F3N2O. The number of aromatic amines is 1. The second kappa shape index (κ2) is 3.89. The Morgan fingerprint density at radius 2 is 1.88 bits per heavy atom. The number of fused-ring (bicyclic) bond motifs is 1. The van der Waals surface area contributed by atoms with Crippen LogP contribution >= 0.6 is 23.2 Å². The van der Waals surface area contributed by atoms with Crippen LogP contribution in [0.25, 0.3) is 10.9 Å². The molecule has 0 amide bonds. The fraction of sp³-hybridized carbons (Fsp3) is 0.111. The lowest BCUT2D eigenvalue weighted by Gasteiger charge is -2.10. The fourth-order valence-electron chi connectivity index (χ4n) is 1.39. The van der Waals surface area contributed by atoms with Crippen molar-refractivity contribution in [3.8, 4) is 0 Å². The van der Waals surface area contributed by atoms with E-state index in [4.69, 9.17) is 23.2 Å². The standard InChI is InChI=1S/C9H3Cl2F3N2O/c10-3-1-2-4-5(6(3)11)7(9(12,13)14)16-8(17)15-4/h1-2H,(H,15,16,17). The van der Waals surface area contributed by atoms with Gasteiger partial charge in [0, 0.05) is 5.39 Å². The van der Waals surface area contributed by atoms with Crippen LogP contribution in [0.4, 0.5) is 13.2 Å². The van der Waals surface area contributed by atoms with Crippen molar-refractivity contribution in [3.63, 3.8) is 0 Å². The number of benzene rings is 1. The molecule has 0 atom stereocenters. The lowest BCUT2D eigenvalue weighted by Crippen LogP contribution is -2.19. The number of nitrogens with one attached hydrogen (secondary N) is 1. The summed E-state index contributed by atoms with van der Waals surface area (Å²) in [5, 5.41) is -0.745. The molecule has 0 radical (unpaired) electrons. The number of H-pyrrole nitrogens is 1. The van der Waals surface area contributed by atoms with E-state index in [2.05, 4.69) is 4.98 Å². The topological polar surface area (TPSA) is 45.8 Å². The van der Waals surface area contributed by atoms with Gasteiger partial charge in [0.15, 0.2) is 0 Å². The van der Waals surface area contributed by atoms with Gasteiger partial charge >= 0.3 is 11.9 Å². The highest BCUT2D eigenvalue weighted by Crippen LogP contribution is 2.37. The van der Waals surface area contributed by atoms with Crippen LogP contribution < -0.4 is 5.69 Å². The van der Waals surface area contributed by atoms with Crippen LogP contribution in [-0.2, 0) is 6.18 Å². The Kier molecular flexibility index (Phi) is 2.79. The van der Waals surface area contributed by atoms with Crippen LogP contribution in [0, 0.1) is 0 Å². The fourth-order valence-corrected chi connectivity index (χ4v) is 1.80. The van der Waals surface area contributed by atoms with E-state index in [9.17, 15) is 18.0 Å². The Bertz CT molecular complexity index is 651. The van der Waals surface area contributed by atoms with E-state index in [1.165, 1.54) is 12.1 Å². The molecule has 8 heteroatoms. The molecule has 2 rings (SSSR count). The maximum atomic E-state index is 12.7. The first-order chi connectivity index (χ1) is 7.80. The summed E-state index contributed by atoms with van der Waals surface area (Å²) < 4.78 is 38.1. The quantitative estimate of drug-likeness (QED) is 0.806. The van der Waals surface area contributed by atoms with Gasteiger partial charge in [0.1, 0.15) is 5.69 Å². The van der Waals surface area contributed by atoms with Gasteiger partial charge in [0.2, 0.25) is 0 Å². The first-order valence-corrected chi connectivity index (χ1v) is 5.01. The molecule has 0 saturated carbocycles. The number of hydrogen-bond acceptors (Lipinski definition) is 2. The van der Waals surface area contributed by atoms with E-state index in [1.54, 1.807) is 4.98 Å². The third-order valence-corrected chi connectivity index (χ3v) is 2.86. The van der Waals surface area contributed by atoms with Crippen molar-refractivity contribution in [2.45, 2.75) is 6.18 Å². The van der Waals surface area contributed by atoms with Gasteiger partial charge in [-0.25, -0.2) is 4.79 Å². The summed E-state index contributed by atoms with van der Waals surface area (Å²) in [4.78, 5) is 16.0. The summed E-state index contributed by atoms with van der Waals surface area (Å²) in [6.07, 6.45) is -4.74. The Morgan fingerprint density at radius 3 is 2.47 bits per heavy atom. The van der Waals surface area contributed by atoms with Crippen molar-refractivity contribution in [1.82, 2.24) is 9.97 Å². The highest BCUT2D eigenvalue weighted by atomic mass is 35.5. The second-order valence-electron chi connectivity index (χ2n) is 3.17. The Morgan fingerprint density at radius 1 is 1.24 bits per heavy atom. The maximum absolute atomic E-state index is 12.7. The van der Waals surface area contributed by atoms with Crippen LogP contribution in [0.5, 0.6) is 0 Å². The van der Waals surface area contributed by atoms with Gasteiger partial charge in [-0.3, -0.25) is 0 Å². The second-order valence-corrected chi connectivity index (χ2v) is 3.96. The predicted octanol–water partition coefficient (Wildman–Crippen LogP) is 3.25. The van der Waals surface area contributed by atoms with Gasteiger partial charge in [-0.1, -0.05) is 23.2 Å².